The molecule has 0 saturated heterocycles. The number of aryl methyl sites for hydroxylation is 2. The number of hydrogen-bond donors (Lipinski definition) is 1. The number of rotatable bonds is 6. The summed E-state index contributed by atoms with van der Waals surface area (Å²) in [5.41, 5.74) is 2.72. The molecular weight excluding hydrogens is 334 g/mol. The second-order valence-electron chi connectivity index (χ2n) is 5.92. The van der Waals surface area contributed by atoms with E-state index in [4.69, 9.17) is 14.2 Å². The summed E-state index contributed by atoms with van der Waals surface area (Å²) in [4.78, 5) is 24.7. The van der Waals surface area contributed by atoms with E-state index in [1.165, 1.54) is 21.1 Å². The quantitative estimate of drug-likeness (QED) is 0.801. The molecule has 0 radical (unpaired) electrons. The summed E-state index contributed by atoms with van der Waals surface area (Å²) in [6, 6.07) is 10.4. The molecule has 6 nitrogen and oxygen atoms in total. The molecule has 0 aliphatic heterocycles. The van der Waals surface area contributed by atoms with Crippen LogP contribution in [0.25, 0.3) is 0 Å². The largest absolute Gasteiger partial charge is 0.496 e. The molecule has 0 unspecified atom stereocenters. The Morgan fingerprint density at radius 3 is 2.31 bits per heavy atom. The van der Waals surface area contributed by atoms with Gasteiger partial charge in [0.15, 0.2) is 6.10 Å². The van der Waals surface area contributed by atoms with Gasteiger partial charge in [-0.2, -0.15) is 0 Å². The standard InChI is InChI=1S/C20H23NO5/c1-12-6-9-17(24-4)16(10-12)21-19(22)14(3)26-20(23)15-8-7-13(2)18(11-15)25-5/h6-11,14H,1-5H3,(H,21,22)/t14-/m1/s1. The Bertz CT molecular complexity index is 816. The highest BCUT2D eigenvalue weighted by Crippen LogP contribution is 2.25. The van der Waals surface area contributed by atoms with Crippen molar-refractivity contribution in [2.45, 2.75) is 26.9 Å². The highest BCUT2D eigenvalue weighted by Gasteiger charge is 2.21. The molecule has 0 saturated carbocycles. The lowest BCUT2D eigenvalue weighted by atomic mass is 10.1. The van der Waals surface area contributed by atoms with Gasteiger partial charge in [-0.3, -0.25) is 4.79 Å². The Balaban J connectivity index is 2.07. The number of hydrogen-bond acceptors (Lipinski definition) is 5. The van der Waals surface area contributed by atoms with Gasteiger partial charge < -0.3 is 19.5 Å². The van der Waals surface area contributed by atoms with Crippen molar-refractivity contribution in [3.05, 3.63) is 53.1 Å². The lowest BCUT2D eigenvalue weighted by Crippen LogP contribution is -2.30. The molecule has 2 aromatic carbocycles. The minimum absolute atomic E-state index is 0.320. The molecule has 0 fully saturated rings. The normalized spacial score (nSPS) is 11.4. The molecule has 2 rings (SSSR count). The van der Waals surface area contributed by atoms with E-state index < -0.39 is 18.0 Å². The van der Waals surface area contributed by atoms with Crippen molar-refractivity contribution < 1.29 is 23.8 Å². The van der Waals surface area contributed by atoms with Crippen LogP contribution in [0.2, 0.25) is 0 Å². The SMILES string of the molecule is COc1cc(C(=O)O[C@H](C)C(=O)Nc2cc(C)ccc2OC)ccc1C. The molecule has 6 heteroatoms. The fourth-order valence-corrected chi connectivity index (χ4v) is 2.38. The topological polar surface area (TPSA) is 73.9 Å². The van der Waals surface area contributed by atoms with Crippen molar-refractivity contribution in [3.8, 4) is 11.5 Å². The highest BCUT2D eigenvalue weighted by atomic mass is 16.5. The maximum Gasteiger partial charge on any atom is 0.339 e. The lowest BCUT2D eigenvalue weighted by molar-refractivity contribution is -0.123. The van der Waals surface area contributed by atoms with Crippen molar-refractivity contribution >= 4 is 17.6 Å². The van der Waals surface area contributed by atoms with Crippen LogP contribution >= 0.6 is 0 Å². The molecule has 1 atom stereocenters. The van der Waals surface area contributed by atoms with Crippen LogP contribution in [0.1, 0.15) is 28.4 Å². The summed E-state index contributed by atoms with van der Waals surface area (Å²) in [6.07, 6.45) is -0.972. The van der Waals surface area contributed by atoms with Gasteiger partial charge >= 0.3 is 5.97 Å². The van der Waals surface area contributed by atoms with Gasteiger partial charge in [-0.25, -0.2) is 4.79 Å². The smallest absolute Gasteiger partial charge is 0.339 e. The number of esters is 1. The molecule has 2 aromatic rings. The average molecular weight is 357 g/mol. The van der Waals surface area contributed by atoms with Gasteiger partial charge in [0.2, 0.25) is 0 Å². The predicted octanol–water partition coefficient (Wildman–Crippen LogP) is 3.50. The Morgan fingerprint density at radius 2 is 1.65 bits per heavy atom. The number of amides is 1. The van der Waals surface area contributed by atoms with E-state index >= 15 is 0 Å². The van der Waals surface area contributed by atoms with Gasteiger partial charge in [-0.1, -0.05) is 12.1 Å². The molecule has 0 aromatic heterocycles. The number of carbonyl (C=O) groups is 2. The summed E-state index contributed by atoms with van der Waals surface area (Å²) in [5.74, 6) is 0.0790. The van der Waals surface area contributed by atoms with Crippen LogP contribution in [0.15, 0.2) is 36.4 Å². The zero-order chi connectivity index (χ0) is 19.3. The van der Waals surface area contributed by atoms with E-state index in [1.807, 2.05) is 19.9 Å². The Kier molecular flexibility index (Phi) is 6.22. The van der Waals surface area contributed by atoms with Crippen molar-refractivity contribution in [1.29, 1.82) is 0 Å². The minimum atomic E-state index is -0.972. The zero-order valence-corrected chi connectivity index (χ0v) is 15.6. The molecular formula is C20H23NO5. The monoisotopic (exact) mass is 357 g/mol. The zero-order valence-electron chi connectivity index (χ0n) is 15.6. The van der Waals surface area contributed by atoms with E-state index in [-0.39, 0.29) is 0 Å². The van der Waals surface area contributed by atoms with Crippen LogP contribution in [0.4, 0.5) is 5.69 Å². The number of methoxy groups -OCH3 is 2. The van der Waals surface area contributed by atoms with Gasteiger partial charge in [-0.15, -0.1) is 0 Å². The third-order valence-corrected chi connectivity index (χ3v) is 3.91. The van der Waals surface area contributed by atoms with Crippen LogP contribution < -0.4 is 14.8 Å². The van der Waals surface area contributed by atoms with E-state index in [0.29, 0.717) is 22.7 Å². The van der Waals surface area contributed by atoms with Gasteiger partial charge in [0.1, 0.15) is 11.5 Å². The lowest BCUT2D eigenvalue weighted by Gasteiger charge is -2.16. The van der Waals surface area contributed by atoms with Gasteiger partial charge in [0.05, 0.1) is 25.5 Å². The fourth-order valence-electron chi connectivity index (χ4n) is 2.38. The maximum absolute atomic E-state index is 12.4. The van der Waals surface area contributed by atoms with Crippen LogP contribution in [-0.2, 0) is 9.53 Å². The summed E-state index contributed by atoms with van der Waals surface area (Å²) in [6.45, 7) is 5.30. The third-order valence-electron chi connectivity index (χ3n) is 3.91. The first-order valence-corrected chi connectivity index (χ1v) is 8.16. The molecule has 0 aliphatic rings. The van der Waals surface area contributed by atoms with E-state index in [1.54, 1.807) is 30.3 Å². The van der Waals surface area contributed by atoms with Crippen molar-refractivity contribution in [2.24, 2.45) is 0 Å². The molecule has 0 bridgehead atoms. The number of ether oxygens (including phenoxy) is 3. The van der Waals surface area contributed by atoms with Crippen LogP contribution in [-0.4, -0.2) is 32.2 Å². The first kappa shape index (κ1) is 19.3. The molecule has 0 spiro atoms. The fraction of sp³-hybridized carbons (Fsp3) is 0.300. The minimum Gasteiger partial charge on any atom is -0.496 e. The second kappa shape index (κ2) is 8.38. The van der Waals surface area contributed by atoms with Crippen LogP contribution in [0.3, 0.4) is 0 Å². The molecule has 1 amide bonds. The highest BCUT2D eigenvalue weighted by molar-refractivity contribution is 5.98. The molecule has 26 heavy (non-hydrogen) atoms. The number of carbonyl (C=O) groups excluding carboxylic acids is 2. The molecule has 138 valence electrons. The maximum atomic E-state index is 12.4. The number of nitrogens with one attached hydrogen (secondary N) is 1. The Morgan fingerprint density at radius 1 is 0.962 bits per heavy atom. The van der Waals surface area contributed by atoms with Crippen molar-refractivity contribution in [2.75, 3.05) is 19.5 Å². The predicted molar refractivity (Wildman–Crippen MR) is 99.0 cm³/mol. The third kappa shape index (κ3) is 4.53. The van der Waals surface area contributed by atoms with E-state index in [2.05, 4.69) is 5.32 Å². The molecule has 1 N–H and O–H groups in total. The summed E-state index contributed by atoms with van der Waals surface area (Å²) in [5, 5.41) is 2.72. The van der Waals surface area contributed by atoms with Crippen LogP contribution in [0.5, 0.6) is 11.5 Å². The first-order valence-electron chi connectivity index (χ1n) is 8.16. The van der Waals surface area contributed by atoms with Crippen LogP contribution in [0, 0.1) is 13.8 Å². The van der Waals surface area contributed by atoms with Crippen molar-refractivity contribution in [3.63, 3.8) is 0 Å². The number of anilines is 1. The van der Waals surface area contributed by atoms with Gasteiger partial charge in [-0.05, 0) is 56.2 Å². The Hall–Kier alpha value is -3.02. The van der Waals surface area contributed by atoms with Gasteiger partial charge in [0, 0.05) is 0 Å². The van der Waals surface area contributed by atoms with E-state index in [9.17, 15) is 9.59 Å². The molecule has 0 aliphatic carbocycles. The van der Waals surface area contributed by atoms with E-state index in [0.717, 1.165) is 11.1 Å². The average Bonchev–Trinajstić information content (AvgIpc) is 2.62. The summed E-state index contributed by atoms with van der Waals surface area (Å²) >= 11 is 0. The summed E-state index contributed by atoms with van der Waals surface area (Å²) < 4.78 is 15.7. The summed E-state index contributed by atoms with van der Waals surface area (Å²) in [7, 11) is 3.05. The molecule has 0 heterocycles. The van der Waals surface area contributed by atoms with Gasteiger partial charge in [0.25, 0.3) is 5.91 Å². The Labute approximate surface area is 153 Å². The van der Waals surface area contributed by atoms with Crippen molar-refractivity contribution in [1.82, 2.24) is 0 Å². The first-order chi connectivity index (χ1) is 12.3. The number of benzene rings is 2. The second-order valence-corrected chi connectivity index (χ2v) is 5.92.